The van der Waals surface area contributed by atoms with E-state index in [0.717, 1.165) is 12.6 Å². The zero-order valence-electron chi connectivity index (χ0n) is 13.2. The van der Waals surface area contributed by atoms with Crippen LogP contribution < -0.4 is 10.6 Å². The predicted molar refractivity (Wildman–Crippen MR) is 88.8 cm³/mol. The van der Waals surface area contributed by atoms with E-state index in [1.807, 2.05) is 19.0 Å². The van der Waals surface area contributed by atoms with Gasteiger partial charge in [0.15, 0.2) is 0 Å². The topological polar surface area (TPSA) is 53.1 Å². The number of hydrogen-bond donors (Lipinski definition) is 2. The summed E-state index contributed by atoms with van der Waals surface area (Å²) < 4.78 is 38.7. The summed E-state index contributed by atoms with van der Waals surface area (Å²) in [5.41, 5.74) is -0.655. The predicted octanol–water partition coefficient (Wildman–Crippen LogP) is 3.87. The molecule has 0 saturated heterocycles. The Balaban J connectivity index is 2.11. The molecule has 24 heavy (non-hydrogen) atoms. The van der Waals surface area contributed by atoms with Crippen LogP contribution in [0.25, 0.3) is 0 Å². The van der Waals surface area contributed by atoms with E-state index in [0.29, 0.717) is 18.3 Å². The molecule has 0 radical (unpaired) electrons. The summed E-state index contributed by atoms with van der Waals surface area (Å²) in [6.45, 7) is 1.45. The number of halogens is 4. The van der Waals surface area contributed by atoms with Crippen LogP contribution in [0.3, 0.4) is 0 Å². The number of nitrogens with zero attached hydrogens (tertiary/aromatic N) is 3. The molecule has 0 amide bonds. The van der Waals surface area contributed by atoms with Crippen molar-refractivity contribution in [3.05, 3.63) is 41.0 Å². The normalized spacial score (nSPS) is 11.6. The first kappa shape index (κ1) is 18.3. The van der Waals surface area contributed by atoms with Gasteiger partial charge in [-0.3, -0.25) is 0 Å². The molecule has 1 aromatic carbocycles. The standard InChI is InChI=1S/C15H17ClF3N5/c1-24(2)8-7-21-14-20-6-5-13(23-14)22-10-3-4-12(16)11(9-10)15(17,18)19/h3-6,9H,7-8H2,1-2H3,(H2,20,21,22,23). The highest BCUT2D eigenvalue weighted by atomic mass is 35.5. The fourth-order valence-electron chi connectivity index (χ4n) is 1.87. The lowest BCUT2D eigenvalue weighted by Gasteiger charge is -2.13. The molecule has 0 bridgehead atoms. The Hall–Kier alpha value is -2.06. The number of anilines is 3. The average molecular weight is 360 g/mol. The first-order chi connectivity index (χ1) is 11.3. The van der Waals surface area contributed by atoms with Crippen molar-refractivity contribution in [2.45, 2.75) is 6.18 Å². The minimum Gasteiger partial charge on any atom is -0.353 e. The third-order valence-electron chi connectivity index (χ3n) is 3.04. The molecule has 0 saturated carbocycles. The molecular weight excluding hydrogens is 343 g/mol. The number of likely N-dealkylation sites (N-methyl/N-ethyl adjacent to an activating group) is 1. The van der Waals surface area contributed by atoms with Crippen molar-refractivity contribution in [3.63, 3.8) is 0 Å². The van der Waals surface area contributed by atoms with Crippen molar-refractivity contribution in [3.8, 4) is 0 Å². The van der Waals surface area contributed by atoms with E-state index in [2.05, 4.69) is 20.6 Å². The molecule has 130 valence electrons. The number of aromatic nitrogens is 2. The molecule has 2 N–H and O–H groups in total. The Morgan fingerprint density at radius 1 is 1.21 bits per heavy atom. The van der Waals surface area contributed by atoms with Gasteiger partial charge in [-0.1, -0.05) is 11.6 Å². The van der Waals surface area contributed by atoms with Crippen molar-refractivity contribution in [1.82, 2.24) is 14.9 Å². The molecule has 1 aromatic heterocycles. The Labute approximate surface area is 142 Å². The summed E-state index contributed by atoms with van der Waals surface area (Å²) in [5.74, 6) is 0.777. The highest BCUT2D eigenvalue weighted by molar-refractivity contribution is 6.31. The molecule has 2 aromatic rings. The molecule has 0 aliphatic heterocycles. The maximum atomic E-state index is 12.9. The Bertz CT molecular complexity index is 691. The second kappa shape index (κ2) is 7.67. The fraction of sp³-hybridized carbons (Fsp3) is 0.333. The average Bonchev–Trinajstić information content (AvgIpc) is 2.48. The van der Waals surface area contributed by atoms with Gasteiger partial charge in [0.1, 0.15) is 5.82 Å². The summed E-state index contributed by atoms with van der Waals surface area (Å²) >= 11 is 5.60. The molecule has 1 heterocycles. The smallest absolute Gasteiger partial charge is 0.353 e. The second-order valence-corrected chi connectivity index (χ2v) is 5.72. The molecule has 0 aliphatic rings. The number of rotatable bonds is 6. The maximum Gasteiger partial charge on any atom is 0.417 e. The molecule has 5 nitrogen and oxygen atoms in total. The van der Waals surface area contributed by atoms with Gasteiger partial charge in [0.25, 0.3) is 0 Å². The summed E-state index contributed by atoms with van der Waals surface area (Å²) in [6, 6.07) is 5.17. The van der Waals surface area contributed by atoms with E-state index in [9.17, 15) is 13.2 Å². The van der Waals surface area contributed by atoms with Crippen LogP contribution in [0.4, 0.5) is 30.6 Å². The van der Waals surface area contributed by atoms with Crippen LogP contribution in [0.1, 0.15) is 5.56 Å². The van der Waals surface area contributed by atoms with E-state index in [-0.39, 0.29) is 10.7 Å². The molecule has 0 spiro atoms. The van der Waals surface area contributed by atoms with Crippen LogP contribution in [0.5, 0.6) is 0 Å². The van der Waals surface area contributed by atoms with E-state index in [1.165, 1.54) is 18.3 Å². The van der Waals surface area contributed by atoms with Crippen LogP contribution in [0.15, 0.2) is 30.5 Å². The van der Waals surface area contributed by atoms with Crippen LogP contribution in [0.2, 0.25) is 5.02 Å². The van der Waals surface area contributed by atoms with Gasteiger partial charge >= 0.3 is 6.18 Å². The van der Waals surface area contributed by atoms with E-state index >= 15 is 0 Å². The molecule has 2 rings (SSSR count). The molecule has 0 fully saturated rings. The molecule has 0 unspecified atom stereocenters. The van der Waals surface area contributed by atoms with Gasteiger partial charge in [-0.15, -0.1) is 0 Å². The number of hydrogen-bond acceptors (Lipinski definition) is 5. The van der Waals surface area contributed by atoms with Gasteiger partial charge in [0, 0.05) is 25.0 Å². The zero-order valence-corrected chi connectivity index (χ0v) is 13.9. The number of benzene rings is 1. The summed E-state index contributed by atoms with van der Waals surface area (Å²) in [4.78, 5) is 10.3. The lowest BCUT2D eigenvalue weighted by Crippen LogP contribution is -2.21. The highest BCUT2D eigenvalue weighted by Crippen LogP contribution is 2.36. The van der Waals surface area contributed by atoms with Crippen LogP contribution >= 0.6 is 11.6 Å². The third kappa shape index (κ3) is 5.24. The quantitative estimate of drug-likeness (QED) is 0.820. The van der Waals surface area contributed by atoms with Crippen molar-refractivity contribution in [1.29, 1.82) is 0 Å². The summed E-state index contributed by atoms with van der Waals surface area (Å²) in [5, 5.41) is 5.52. The van der Waals surface area contributed by atoms with Crippen molar-refractivity contribution >= 4 is 29.1 Å². The Kier molecular flexibility index (Phi) is 5.84. The SMILES string of the molecule is CN(C)CCNc1nccc(Nc2ccc(Cl)c(C(F)(F)F)c2)n1. The van der Waals surface area contributed by atoms with Gasteiger partial charge in [0.2, 0.25) is 5.95 Å². The summed E-state index contributed by atoms with van der Waals surface area (Å²) in [6.07, 6.45) is -2.99. The second-order valence-electron chi connectivity index (χ2n) is 5.31. The largest absolute Gasteiger partial charge is 0.417 e. The van der Waals surface area contributed by atoms with Crippen LogP contribution in [-0.4, -0.2) is 42.1 Å². The monoisotopic (exact) mass is 359 g/mol. The van der Waals surface area contributed by atoms with Gasteiger partial charge in [0.05, 0.1) is 10.6 Å². The van der Waals surface area contributed by atoms with Crippen molar-refractivity contribution in [2.75, 3.05) is 37.8 Å². The lowest BCUT2D eigenvalue weighted by molar-refractivity contribution is -0.137. The van der Waals surface area contributed by atoms with E-state index in [1.54, 1.807) is 6.07 Å². The zero-order chi connectivity index (χ0) is 17.7. The summed E-state index contributed by atoms with van der Waals surface area (Å²) in [7, 11) is 3.89. The van der Waals surface area contributed by atoms with Crippen LogP contribution in [0, 0.1) is 0 Å². The molecule has 0 atom stereocenters. The highest BCUT2D eigenvalue weighted by Gasteiger charge is 2.33. The lowest BCUT2D eigenvalue weighted by atomic mass is 10.2. The Morgan fingerprint density at radius 3 is 2.62 bits per heavy atom. The van der Waals surface area contributed by atoms with Gasteiger partial charge < -0.3 is 15.5 Å². The number of alkyl halides is 3. The maximum absolute atomic E-state index is 12.9. The Morgan fingerprint density at radius 2 is 1.96 bits per heavy atom. The molecular formula is C15H17ClF3N5. The van der Waals surface area contributed by atoms with Crippen molar-refractivity contribution < 1.29 is 13.2 Å². The van der Waals surface area contributed by atoms with E-state index in [4.69, 9.17) is 11.6 Å². The first-order valence-electron chi connectivity index (χ1n) is 7.11. The van der Waals surface area contributed by atoms with Crippen LogP contribution in [-0.2, 0) is 6.18 Å². The minimum absolute atomic E-state index is 0.240. The van der Waals surface area contributed by atoms with Gasteiger partial charge in [-0.2, -0.15) is 18.2 Å². The van der Waals surface area contributed by atoms with E-state index < -0.39 is 11.7 Å². The van der Waals surface area contributed by atoms with Gasteiger partial charge in [-0.25, -0.2) is 4.98 Å². The molecule has 9 heteroatoms. The fourth-order valence-corrected chi connectivity index (χ4v) is 2.10. The van der Waals surface area contributed by atoms with Gasteiger partial charge in [-0.05, 0) is 38.4 Å². The third-order valence-corrected chi connectivity index (χ3v) is 3.37. The molecule has 0 aliphatic carbocycles. The first-order valence-corrected chi connectivity index (χ1v) is 7.49. The van der Waals surface area contributed by atoms with Crippen molar-refractivity contribution in [2.24, 2.45) is 0 Å². The number of nitrogens with one attached hydrogen (secondary N) is 2. The minimum atomic E-state index is -4.51.